The average Bonchev–Trinajstić information content (AvgIpc) is 3.18. The second-order valence-corrected chi connectivity index (χ2v) is 6.31. The average molecular weight is 336 g/mol. The maximum Gasteiger partial charge on any atom is 0.233 e. The van der Waals surface area contributed by atoms with Crippen molar-refractivity contribution >= 4 is 11.6 Å². The van der Waals surface area contributed by atoms with Gasteiger partial charge in [0.15, 0.2) is 5.76 Å². The molecule has 2 aromatic carbocycles. The van der Waals surface area contributed by atoms with Gasteiger partial charge < -0.3 is 9.42 Å². The number of hydrogen-bond acceptors (Lipinski definition) is 3. The molecule has 3 aromatic rings. The van der Waals surface area contributed by atoms with Crippen molar-refractivity contribution in [1.82, 2.24) is 5.16 Å². The zero-order chi connectivity index (χ0) is 17.4. The van der Waals surface area contributed by atoms with Crippen molar-refractivity contribution in [2.24, 2.45) is 0 Å². The first-order valence-electron chi connectivity index (χ1n) is 8.23. The third kappa shape index (κ3) is 2.93. The van der Waals surface area contributed by atoms with Gasteiger partial charge in [-0.3, -0.25) is 4.79 Å². The van der Waals surface area contributed by atoms with Gasteiger partial charge in [0, 0.05) is 23.4 Å². The highest BCUT2D eigenvalue weighted by Gasteiger charge is 2.30. The lowest BCUT2D eigenvalue weighted by Gasteiger charge is -2.22. The van der Waals surface area contributed by atoms with Crippen molar-refractivity contribution in [3.05, 3.63) is 71.7 Å². The minimum Gasteiger partial charge on any atom is -0.356 e. The number of aromatic nitrogens is 1. The number of fused-ring (bicyclic) bond motifs is 1. The topological polar surface area (TPSA) is 46.3 Å². The van der Waals surface area contributed by atoms with Crippen LogP contribution in [0.15, 0.2) is 59.1 Å². The van der Waals surface area contributed by atoms with Crippen LogP contribution in [-0.4, -0.2) is 17.1 Å². The molecule has 1 aliphatic rings. The molecule has 0 radical (unpaired) electrons. The number of nitrogens with zero attached hydrogens (tertiary/aromatic N) is 2. The minimum absolute atomic E-state index is 0.00333. The maximum absolute atomic E-state index is 13.0. The van der Waals surface area contributed by atoms with Crippen molar-refractivity contribution < 1.29 is 13.7 Å². The molecule has 1 unspecified atom stereocenters. The van der Waals surface area contributed by atoms with E-state index in [0.717, 1.165) is 17.7 Å². The smallest absolute Gasteiger partial charge is 0.233 e. The van der Waals surface area contributed by atoms with Crippen molar-refractivity contribution in [3.8, 4) is 11.3 Å². The predicted octanol–water partition coefficient (Wildman–Crippen LogP) is 4.00. The Balaban J connectivity index is 1.53. The molecule has 1 amide bonds. The Bertz CT molecular complexity index is 917. The fourth-order valence-electron chi connectivity index (χ4n) is 3.33. The van der Waals surface area contributed by atoms with Crippen molar-refractivity contribution in [2.45, 2.75) is 25.8 Å². The van der Waals surface area contributed by atoms with Crippen LogP contribution in [0.3, 0.4) is 0 Å². The summed E-state index contributed by atoms with van der Waals surface area (Å²) < 4.78 is 18.3. The SMILES string of the molecule is CC1Cc2ccccc2N1C(=O)Cc1cc(-c2ccc(F)cc2)on1. The van der Waals surface area contributed by atoms with Gasteiger partial charge in [-0.2, -0.15) is 0 Å². The summed E-state index contributed by atoms with van der Waals surface area (Å²) in [6.45, 7) is 2.05. The number of carbonyl (C=O) groups is 1. The molecule has 0 aliphatic carbocycles. The van der Waals surface area contributed by atoms with E-state index in [4.69, 9.17) is 4.52 Å². The van der Waals surface area contributed by atoms with E-state index in [1.54, 1.807) is 18.2 Å². The van der Waals surface area contributed by atoms with Crippen molar-refractivity contribution in [3.63, 3.8) is 0 Å². The lowest BCUT2D eigenvalue weighted by Crippen LogP contribution is -2.36. The van der Waals surface area contributed by atoms with E-state index in [-0.39, 0.29) is 24.2 Å². The van der Waals surface area contributed by atoms with Crippen LogP contribution in [0.5, 0.6) is 0 Å². The first-order chi connectivity index (χ1) is 12.1. The van der Waals surface area contributed by atoms with Gasteiger partial charge in [-0.25, -0.2) is 4.39 Å². The van der Waals surface area contributed by atoms with E-state index in [2.05, 4.69) is 11.2 Å². The van der Waals surface area contributed by atoms with Crippen LogP contribution in [0.1, 0.15) is 18.2 Å². The number of para-hydroxylation sites is 1. The Kier molecular flexibility index (Phi) is 3.84. The molecular formula is C20H17FN2O2. The van der Waals surface area contributed by atoms with E-state index in [9.17, 15) is 9.18 Å². The first kappa shape index (κ1) is 15.6. The molecule has 2 heterocycles. The molecule has 4 rings (SSSR count). The summed E-state index contributed by atoms with van der Waals surface area (Å²) in [5.41, 5.74) is 3.46. The van der Waals surface area contributed by atoms with E-state index in [1.807, 2.05) is 30.0 Å². The third-order valence-electron chi connectivity index (χ3n) is 4.50. The second-order valence-electron chi connectivity index (χ2n) is 6.31. The molecule has 126 valence electrons. The molecule has 5 heteroatoms. The zero-order valence-corrected chi connectivity index (χ0v) is 13.8. The maximum atomic E-state index is 13.0. The summed E-state index contributed by atoms with van der Waals surface area (Å²) in [6, 6.07) is 15.8. The largest absolute Gasteiger partial charge is 0.356 e. The van der Waals surface area contributed by atoms with Crippen LogP contribution in [0.25, 0.3) is 11.3 Å². The Morgan fingerprint density at radius 1 is 1.24 bits per heavy atom. The molecule has 0 saturated heterocycles. The third-order valence-corrected chi connectivity index (χ3v) is 4.50. The number of carbonyl (C=O) groups excluding carboxylic acids is 1. The number of anilines is 1. The summed E-state index contributed by atoms with van der Waals surface area (Å²) in [5.74, 6) is 0.217. The van der Waals surface area contributed by atoms with Gasteiger partial charge >= 0.3 is 0 Å². The molecule has 0 N–H and O–H groups in total. The lowest BCUT2D eigenvalue weighted by molar-refractivity contribution is -0.118. The molecule has 1 aliphatic heterocycles. The zero-order valence-electron chi connectivity index (χ0n) is 13.8. The molecule has 0 bridgehead atoms. The second kappa shape index (κ2) is 6.16. The highest BCUT2D eigenvalue weighted by Crippen LogP contribution is 2.32. The molecule has 25 heavy (non-hydrogen) atoms. The standard InChI is InChI=1S/C20H17FN2O2/c1-13-10-15-4-2-3-5-18(15)23(13)20(24)12-17-11-19(25-22-17)14-6-8-16(21)9-7-14/h2-9,11,13H,10,12H2,1H3. The van der Waals surface area contributed by atoms with Gasteiger partial charge in [-0.15, -0.1) is 0 Å². The van der Waals surface area contributed by atoms with Gasteiger partial charge in [0.05, 0.1) is 12.1 Å². The summed E-state index contributed by atoms with van der Waals surface area (Å²) in [6.07, 6.45) is 1.03. The summed E-state index contributed by atoms with van der Waals surface area (Å²) in [4.78, 5) is 14.6. The van der Waals surface area contributed by atoms with E-state index in [0.29, 0.717) is 11.5 Å². The fraction of sp³-hybridized carbons (Fsp3) is 0.200. The van der Waals surface area contributed by atoms with Crippen molar-refractivity contribution in [2.75, 3.05) is 4.90 Å². The Labute approximate surface area is 144 Å². The number of hydrogen-bond donors (Lipinski definition) is 0. The van der Waals surface area contributed by atoms with Crippen LogP contribution >= 0.6 is 0 Å². The van der Waals surface area contributed by atoms with Gasteiger partial charge in [0.25, 0.3) is 0 Å². The van der Waals surface area contributed by atoms with Crippen LogP contribution in [0.2, 0.25) is 0 Å². The molecule has 4 nitrogen and oxygen atoms in total. The monoisotopic (exact) mass is 336 g/mol. The molecular weight excluding hydrogens is 319 g/mol. The summed E-state index contributed by atoms with van der Waals surface area (Å²) in [5, 5.41) is 3.99. The quantitative estimate of drug-likeness (QED) is 0.726. The summed E-state index contributed by atoms with van der Waals surface area (Å²) >= 11 is 0. The Hall–Kier alpha value is -2.95. The minimum atomic E-state index is -0.305. The van der Waals surface area contributed by atoms with Gasteiger partial charge in [-0.1, -0.05) is 23.4 Å². The van der Waals surface area contributed by atoms with Crippen LogP contribution < -0.4 is 4.90 Å². The number of halogens is 1. The van der Waals surface area contributed by atoms with Crippen LogP contribution in [0, 0.1) is 5.82 Å². The van der Waals surface area contributed by atoms with E-state index < -0.39 is 0 Å². The lowest BCUT2D eigenvalue weighted by atomic mass is 10.1. The molecule has 0 saturated carbocycles. The highest BCUT2D eigenvalue weighted by molar-refractivity contribution is 5.97. The van der Waals surface area contributed by atoms with E-state index >= 15 is 0 Å². The molecule has 0 fully saturated rings. The Morgan fingerprint density at radius 3 is 2.80 bits per heavy atom. The molecule has 0 spiro atoms. The summed E-state index contributed by atoms with van der Waals surface area (Å²) in [7, 11) is 0. The first-order valence-corrected chi connectivity index (χ1v) is 8.23. The van der Waals surface area contributed by atoms with Crippen LogP contribution in [0.4, 0.5) is 10.1 Å². The van der Waals surface area contributed by atoms with E-state index in [1.165, 1.54) is 17.7 Å². The van der Waals surface area contributed by atoms with Gasteiger partial charge in [0.1, 0.15) is 5.82 Å². The molecule has 1 atom stereocenters. The normalized spacial score (nSPS) is 16.1. The van der Waals surface area contributed by atoms with Crippen molar-refractivity contribution in [1.29, 1.82) is 0 Å². The number of benzene rings is 2. The number of amides is 1. The fourth-order valence-corrected chi connectivity index (χ4v) is 3.33. The van der Waals surface area contributed by atoms with Crippen LogP contribution in [-0.2, 0) is 17.6 Å². The predicted molar refractivity (Wildman–Crippen MR) is 92.7 cm³/mol. The Morgan fingerprint density at radius 2 is 2.00 bits per heavy atom. The highest BCUT2D eigenvalue weighted by atomic mass is 19.1. The van der Waals surface area contributed by atoms with Gasteiger partial charge in [0.2, 0.25) is 5.91 Å². The number of rotatable bonds is 3. The van der Waals surface area contributed by atoms with Gasteiger partial charge in [-0.05, 0) is 49.2 Å². The molecule has 1 aromatic heterocycles.